The van der Waals surface area contributed by atoms with Crippen molar-refractivity contribution in [1.82, 2.24) is 10.2 Å². The van der Waals surface area contributed by atoms with Crippen LogP contribution in [-0.4, -0.2) is 49.0 Å². The van der Waals surface area contributed by atoms with Gasteiger partial charge in [0.1, 0.15) is 0 Å². The fraction of sp³-hybridized carbons (Fsp3) is 0.526. The lowest BCUT2D eigenvalue weighted by Gasteiger charge is -2.30. The van der Waals surface area contributed by atoms with Crippen molar-refractivity contribution < 1.29 is 19.1 Å². The lowest BCUT2D eigenvalue weighted by molar-refractivity contribution is -0.150. The second-order valence-electron chi connectivity index (χ2n) is 6.65. The number of nitrogens with zero attached hydrogens (tertiary/aromatic N) is 1. The van der Waals surface area contributed by atoms with Crippen LogP contribution in [0.1, 0.15) is 30.9 Å². The zero-order valence-electron chi connectivity index (χ0n) is 15.6. The molecule has 3 amide bonds. The van der Waals surface area contributed by atoms with Crippen LogP contribution in [0.2, 0.25) is 0 Å². The second kappa shape index (κ2) is 9.33. The van der Waals surface area contributed by atoms with Gasteiger partial charge < -0.3 is 10.1 Å². The number of rotatable bonds is 5. The summed E-state index contributed by atoms with van der Waals surface area (Å²) in [6.07, 6.45) is 1.59. The molecule has 0 aliphatic carbocycles. The summed E-state index contributed by atoms with van der Waals surface area (Å²) in [5, 5.41) is 5.03. The van der Waals surface area contributed by atoms with Gasteiger partial charge in [0.2, 0.25) is 5.91 Å². The summed E-state index contributed by atoms with van der Waals surface area (Å²) >= 11 is 0. The molecule has 1 aliphatic heterocycles. The first kappa shape index (κ1) is 19.9. The highest BCUT2D eigenvalue weighted by Crippen LogP contribution is 2.18. The first-order valence-electron chi connectivity index (χ1n) is 8.96. The number of ether oxygens (including phenoxy) is 1. The van der Waals surface area contributed by atoms with Crippen LogP contribution in [0.3, 0.4) is 0 Å². The molecule has 7 nitrogen and oxygen atoms in total. The van der Waals surface area contributed by atoms with E-state index < -0.39 is 11.9 Å². The van der Waals surface area contributed by atoms with E-state index in [1.165, 1.54) is 0 Å². The SMILES string of the molecule is CCOC(=O)[C@H]1CCCN(CC(=O)NC(=O)Nc2ccc(C)cc2C)C1. The molecule has 1 aromatic carbocycles. The number of benzene rings is 1. The molecule has 0 spiro atoms. The van der Waals surface area contributed by atoms with Gasteiger partial charge in [-0.2, -0.15) is 0 Å². The highest BCUT2D eigenvalue weighted by atomic mass is 16.5. The predicted molar refractivity (Wildman–Crippen MR) is 98.9 cm³/mol. The Morgan fingerprint density at radius 1 is 1.27 bits per heavy atom. The van der Waals surface area contributed by atoms with Crippen molar-refractivity contribution in [3.05, 3.63) is 29.3 Å². The van der Waals surface area contributed by atoms with Crippen LogP contribution in [0.25, 0.3) is 0 Å². The highest BCUT2D eigenvalue weighted by Gasteiger charge is 2.28. The van der Waals surface area contributed by atoms with E-state index in [0.717, 1.165) is 30.5 Å². The van der Waals surface area contributed by atoms with Gasteiger partial charge in [-0.05, 0) is 51.8 Å². The standard InChI is InChI=1S/C19H27N3O4/c1-4-26-18(24)15-6-5-9-22(11-15)12-17(23)21-19(25)20-16-8-7-13(2)10-14(16)3/h7-8,10,15H,4-6,9,11-12H2,1-3H3,(H2,20,21,23,25)/t15-/m0/s1. The van der Waals surface area contributed by atoms with Gasteiger partial charge in [0.15, 0.2) is 0 Å². The number of anilines is 1. The average molecular weight is 361 g/mol. The number of carbonyl (C=O) groups is 3. The first-order valence-corrected chi connectivity index (χ1v) is 8.96. The van der Waals surface area contributed by atoms with Gasteiger partial charge in [0, 0.05) is 12.2 Å². The van der Waals surface area contributed by atoms with Crippen LogP contribution in [0.4, 0.5) is 10.5 Å². The van der Waals surface area contributed by atoms with E-state index in [2.05, 4.69) is 10.6 Å². The van der Waals surface area contributed by atoms with Gasteiger partial charge in [-0.1, -0.05) is 17.7 Å². The molecule has 7 heteroatoms. The Balaban J connectivity index is 1.82. The lowest BCUT2D eigenvalue weighted by Crippen LogP contribution is -2.46. The number of aryl methyl sites for hydroxylation is 2. The van der Waals surface area contributed by atoms with Gasteiger partial charge >= 0.3 is 12.0 Å². The molecule has 0 aromatic heterocycles. The molecule has 26 heavy (non-hydrogen) atoms. The Labute approximate surface area is 154 Å². The van der Waals surface area contributed by atoms with Crippen molar-refractivity contribution in [2.45, 2.75) is 33.6 Å². The van der Waals surface area contributed by atoms with Gasteiger partial charge in [0.25, 0.3) is 0 Å². The molecule has 1 atom stereocenters. The van der Waals surface area contributed by atoms with Crippen LogP contribution < -0.4 is 10.6 Å². The van der Waals surface area contributed by atoms with E-state index in [-0.39, 0.29) is 18.4 Å². The maximum atomic E-state index is 12.1. The molecule has 1 aliphatic rings. The Kier molecular flexibility index (Phi) is 7.15. The van der Waals surface area contributed by atoms with E-state index in [1.54, 1.807) is 6.92 Å². The Hall–Kier alpha value is -2.41. The van der Waals surface area contributed by atoms with Crippen molar-refractivity contribution >= 4 is 23.6 Å². The smallest absolute Gasteiger partial charge is 0.325 e. The minimum Gasteiger partial charge on any atom is -0.466 e. The number of imide groups is 1. The number of likely N-dealkylation sites (tertiary alicyclic amines) is 1. The summed E-state index contributed by atoms with van der Waals surface area (Å²) < 4.78 is 5.05. The fourth-order valence-electron chi connectivity index (χ4n) is 3.13. The van der Waals surface area contributed by atoms with E-state index in [1.807, 2.05) is 36.9 Å². The normalized spacial score (nSPS) is 17.4. The van der Waals surface area contributed by atoms with Crippen LogP contribution in [0.15, 0.2) is 18.2 Å². The quantitative estimate of drug-likeness (QED) is 0.785. The molecule has 0 saturated carbocycles. The lowest BCUT2D eigenvalue weighted by atomic mass is 9.98. The van der Waals surface area contributed by atoms with Crippen LogP contribution in [-0.2, 0) is 14.3 Å². The summed E-state index contributed by atoms with van der Waals surface area (Å²) in [5.74, 6) is -0.817. The number of piperidine rings is 1. The summed E-state index contributed by atoms with van der Waals surface area (Å²) in [7, 11) is 0. The van der Waals surface area contributed by atoms with Crippen molar-refractivity contribution in [2.75, 3.05) is 31.6 Å². The van der Waals surface area contributed by atoms with Crippen molar-refractivity contribution in [1.29, 1.82) is 0 Å². The third-order valence-corrected chi connectivity index (χ3v) is 4.38. The monoisotopic (exact) mass is 361 g/mol. The number of esters is 1. The number of amides is 3. The maximum Gasteiger partial charge on any atom is 0.325 e. The molecule has 0 radical (unpaired) electrons. The molecule has 1 saturated heterocycles. The molecular formula is C19H27N3O4. The molecule has 1 fully saturated rings. The minimum atomic E-state index is -0.555. The topological polar surface area (TPSA) is 87.7 Å². The number of hydrogen-bond donors (Lipinski definition) is 2. The predicted octanol–water partition coefficient (Wildman–Crippen LogP) is 2.23. The minimum absolute atomic E-state index is 0.0796. The van der Waals surface area contributed by atoms with Crippen molar-refractivity contribution in [2.24, 2.45) is 5.92 Å². The largest absolute Gasteiger partial charge is 0.466 e. The maximum absolute atomic E-state index is 12.1. The van der Waals surface area contributed by atoms with Crippen LogP contribution >= 0.6 is 0 Å². The van der Waals surface area contributed by atoms with Crippen LogP contribution in [0.5, 0.6) is 0 Å². The van der Waals surface area contributed by atoms with E-state index in [0.29, 0.717) is 18.8 Å². The summed E-state index contributed by atoms with van der Waals surface area (Å²) in [4.78, 5) is 37.9. The Morgan fingerprint density at radius 2 is 2.04 bits per heavy atom. The third-order valence-electron chi connectivity index (χ3n) is 4.38. The third kappa shape index (κ3) is 5.84. The molecule has 0 bridgehead atoms. The average Bonchev–Trinajstić information content (AvgIpc) is 2.57. The van der Waals surface area contributed by atoms with Gasteiger partial charge in [-0.25, -0.2) is 4.79 Å². The Bertz CT molecular complexity index is 675. The van der Waals surface area contributed by atoms with Crippen LogP contribution in [0, 0.1) is 19.8 Å². The number of nitrogens with one attached hydrogen (secondary N) is 2. The molecule has 1 heterocycles. The van der Waals surface area contributed by atoms with Gasteiger partial charge in [-0.15, -0.1) is 0 Å². The summed E-state index contributed by atoms with van der Waals surface area (Å²) in [6, 6.07) is 5.11. The number of carbonyl (C=O) groups excluding carboxylic acids is 3. The van der Waals surface area contributed by atoms with E-state index in [4.69, 9.17) is 4.74 Å². The molecular weight excluding hydrogens is 334 g/mol. The van der Waals surface area contributed by atoms with Gasteiger partial charge in [-0.3, -0.25) is 19.8 Å². The fourth-order valence-corrected chi connectivity index (χ4v) is 3.13. The highest BCUT2D eigenvalue weighted by molar-refractivity contribution is 6.02. The second-order valence-corrected chi connectivity index (χ2v) is 6.65. The van der Waals surface area contributed by atoms with Gasteiger partial charge in [0.05, 0.1) is 19.1 Å². The van der Waals surface area contributed by atoms with Crippen molar-refractivity contribution in [3.8, 4) is 0 Å². The molecule has 2 rings (SSSR count). The van der Waals surface area contributed by atoms with Crippen molar-refractivity contribution in [3.63, 3.8) is 0 Å². The number of hydrogen-bond acceptors (Lipinski definition) is 5. The summed E-state index contributed by atoms with van der Waals surface area (Å²) in [5.41, 5.74) is 2.70. The first-order chi connectivity index (χ1) is 12.4. The molecule has 1 aromatic rings. The zero-order valence-corrected chi connectivity index (χ0v) is 15.6. The van der Waals surface area contributed by atoms with E-state index >= 15 is 0 Å². The zero-order chi connectivity index (χ0) is 19.1. The molecule has 142 valence electrons. The number of urea groups is 1. The Morgan fingerprint density at radius 3 is 2.73 bits per heavy atom. The molecule has 0 unspecified atom stereocenters. The molecule has 2 N–H and O–H groups in total. The summed E-state index contributed by atoms with van der Waals surface area (Å²) in [6.45, 7) is 7.29. The van der Waals surface area contributed by atoms with E-state index in [9.17, 15) is 14.4 Å².